The number of amides is 1. The average molecular weight is 427 g/mol. The number of hydrazine groups is 1. The number of hydrogen-bond donors (Lipinski definition) is 3. The first-order valence-electron chi connectivity index (χ1n) is 10.5. The van der Waals surface area contributed by atoms with E-state index in [1.54, 1.807) is 4.90 Å². The molecule has 2 unspecified atom stereocenters. The summed E-state index contributed by atoms with van der Waals surface area (Å²) >= 11 is 0. The number of carbonyl (C=O) groups excluding carboxylic acids is 1. The molecule has 0 aromatic heterocycles. The highest BCUT2D eigenvalue weighted by Gasteiger charge is 2.45. The van der Waals surface area contributed by atoms with Gasteiger partial charge in [0.1, 0.15) is 5.84 Å². The molecule has 6 nitrogen and oxygen atoms in total. The molecule has 164 valence electrons. The van der Waals surface area contributed by atoms with Crippen LogP contribution in [0.1, 0.15) is 29.5 Å². The lowest BCUT2D eigenvalue weighted by Gasteiger charge is -2.38. The number of nitrogens with one attached hydrogen (secondary N) is 1. The summed E-state index contributed by atoms with van der Waals surface area (Å²) in [4.78, 5) is 19.0. The maximum atomic E-state index is 14.2. The number of fused-ring (bicyclic) bond motifs is 1. The molecule has 4 rings (SSSR count). The van der Waals surface area contributed by atoms with Gasteiger partial charge in [0, 0.05) is 24.4 Å². The van der Waals surface area contributed by atoms with Crippen molar-refractivity contribution in [2.45, 2.75) is 37.1 Å². The van der Waals surface area contributed by atoms with Crippen molar-refractivity contribution >= 4 is 11.7 Å². The maximum absolute atomic E-state index is 14.2. The van der Waals surface area contributed by atoms with Crippen molar-refractivity contribution in [3.63, 3.8) is 0 Å². The van der Waals surface area contributed by atoms with E-state index in [-0.39, 0.29) is 12.3 Å². The third-order valence-electron chi connectivity index (χ3n) is 6.52. The van der Waals surface area contributed by atoms with Gasteiger partial charge in [-0.05, 0) is 48.1 Å². The summed E-state index contributed by atoms with van der Waals surface area (Å²) in [5.41, 5.74) is 11.1. The zero-order chi connectivity index (χ0) is 22.0. The Morgan fingerprint density at radius 3 is 2.71 bits per heavy atom. The minimum absolute atomic E-state index is 0.0985. The highest BCUT2D eigenvalue weighted by Crippen LogP contribution is 2.45. The van der Waals surface area contributed by atoms with Crippen molar-refractivity contribution in [2.24, 2.45) is 16.6 Å². The average Bonchev–Trinajstić information content (AvgIpc) is 3.13. The predicted molar refractivity (Wildman–Crippen MR) is 115 cm³/mol. The first-order chi connectivity index (χ1) is 14.9. The van der Waals surface area contributed by atoms with E-state index in [9.17, 15) is 13.6 Å². The number of benzene rings is 2. The van der Waals surface area contributed by atoms with Crippen molar-refractivity contribution in [1.29, 1.82) is 0 Å². The van der Waals surface area contributed by atoms with Gasteiger partial charge in [-0.15, -0.1) is 0 Å². The number of rotatable bonds is 5. The van der Waals surface area contributed by atoms with E-state index < -0.39 is 23.1 Å². The summed E-state index contributed by atoms with van der Waals surface area (Å²) < 4.78 is 28.1. The summed E-state index contributed by atoms with van der Waals surface area (Å²) in [6, 6.07) is 11.8. The molecular weight excluding hydrogens is 400 g/mol. The minimum atomic E-state index is -0.887. The van der Waals surface area contributed by atoms with E-state index in [4.69, 9.17) is 11.6 Å². The van der Waals surface area contributed by atoms with E-state index in [0.717, 1.165) is 11.1 Å². The number of hydrogen-bond acceptors (Lipinski definition) is 5. The monoisotopic (exact) mass is 427 g/mol. The molecule has 5 N–H and O–H groups in total. The quantitative estimate of drug-likeness (QED) is 0.501. The number of amidine groups is 1. The van der Waals surface area contributed by atoms with Crippen molar-refractivity contribution in [3.8, 4) is 0 Å². The zero-order valence-electron chi connectivity index (χ0n) is 17.3. The van der Waals surface area contributed by atoms with Crippen LogP contribution in [0.25, 0.3) is 0 Å². The van der Waals surface area contributed by atoms with Crippen molar-refractivity contribution in [3.05, 3.63) is 70.8 Å². The first-order valence-corrected chi connectivity index (χ1v) is 10.5. The number of nitrogens with zero attached hydrogens (tertiary/aromatic N) is 2. The second kappa shape index (κ2) is 8.72. The van der Waals surface area contributed by atoms with Crippen LogP contribution in [0.15, 0.2) is 47.5 Å². The molecule has 1 aliphatic carbocycles. The fourth-order valence-electron chi connectivity index (χ4n) is 4.84. The largest absolute Gasteiger partial charge is 0.333 e. The molecule has 1 amide bonds. The molecule has 0 saturated carbocycles. The number of halogens is 2. The number of carbonyl (C=O) groups is 1. The Bertz CT molecular complexity index is 997. The fraction of sp³-hybridized carbons (Fsp3) is 0.391. The Hall–Kier alpha value is -2.84. The molecule has 0 spiro atoms. The predicted octanol–water partition coefficient (Wildman–Crippen LogP) is 1.81. The highest BCUT2D eigenvalue weighted by molar-refractivity contribution is 5.89. The Morgan fingerprint density at radius 2 is 1.97 bits per heavy atom. The molecule has 0 fully saturated rings. The highest BCUT2D eigenvalue weighted by atomic mass is 19.2. The van der Waals surface area contributed by atoms with Crippen LogP contribution in [0.5, 0.6) is 0 Å². The molecule has 2 atom stereocenters. The summed E-state index contributed by atoms with van der Waals surface area (Å²) in [5.74, 6) is 4.16. The Kier molecular flexibility index (Phi) is 6.02. The van der Waals surface area contributed by atoms with Gasteiger partial charge in [0.05, 0.1) is 13.1 Å². The van der Waals surface area contributed by atoms with Crippen LogP contribution in [0.2, 0.25) is 0 Å². The topological polar surface area (TPSA) is 96.7 Å². The zero-order valence-corrected chi connectivity index (χ0v) is 17.3. The molecule has 0 radical (unpaired) electrons. The first kappa shape index (κ1) is 21.4. The van der Waals surface area contributed by atoms with Gasteiger partial charge in [-0.25, -0.2) is 14.6 Å². The van der Waals surface area contributed by atoms with Crippen LogP contribution >= 0.6 is 0 Å². The third kappa shape index (κ3) is 4.18. The van der Waals surface area contributed by atoms with Crippen LogP contribution in [0, 0.1) is 11.6 Å². The van der Waals surface area contributed by atoms with Crippen molar-refractivity contribution in [2.75, 3.05) is 19.6 Å². The summed E-state index contributed by atoms with van der Waals surface area (Å²) in [6.07, 6.45) is 1.88. The number of aryl methyl sites for hydroxylation is 1. The van der Waals surface area contributed by atoms with E-state index in [1.807, 2.05) is 30.3 Å². The Labute approximate surface area is 180 Å². The molecule has 1 aliphatic heterocycles. The van der Waals surface area contributed by atoms with Crippen molar-refractivity contribution in [1.82, 2.24) is 10.3 Å². The number of nitrogens with two attached hydrogens (primary N) is 2. The molecule has 2 aromatic carbocycles. The van der Waals surface area contributed by atoms with Gasteiger partial charge in [0.2, 0.25) is 5.91 Å². The molecule has 0 saturated heterocycles. The lowest BCUT2D eigenvalue weighted by Crippen LogP contribution is -2.52. The molecule has 31 heavy (non-hydrogen) atoms. The minimum Gasteiger partial charge on any atom is -0.333 e. The van der Waals surface area contributed by atoms with E-state index in [1.165, 1.54) is 12.1 Å². The van der Waals surface area contributed by atoms with Crippen LogP contribution < -0.4 is 17.0 Å². The molecule has 2 aromatic rings. The molecule has 0 bridgehead atoms. The van der Waals surface area contributed by atoms with E-state index in [0.29, 0.717) is 50.3 Å². The maximum Gasteiger partial charge on any atom is 0.224 e. The Morgan fingerprint density at radius 1 is 1.23 bits per heavy atom. The van der Waals surface area contributed by atoms with Crippen LogP contribution in [-0.4, -0.2) is 42.3 Å². The standard InChI is InChI=1S/C23H27F2N5O/c24-18-10-16-6-7-23(17(16)11-19(18)25,13-15-4-2-1-3-5-15)20(26)12-22(31)30-9-8-28-21(14-30)29-27/h1-5,10-11,20H,6-9,12-14,26-27H2,(H,28,29). The third-order valence-corrected chi connectivity index (χ3v) is 6.52. The molecule has 8 heteroatoms. The van der Waals surface area contributed by atoms with Gasteiger partial charge in [0.25, 0.3) is 0 Å². The molecule has 1 heterocycles. The lowest BCUT2D eigenvalue weighted by atomic mass is 9.70. The molecule has 2 aliphatic rings. The van der Waals surface area contributed by atoms with Crippen molar-refractivity contribution < 1.29 is 13.6 Å². The van der Waals surface area contributed by atoms with Gasteiger partial charge in [0.15, 0.2) is 11.6 Å². The lowest BCUT2D eigenvalue weighted by molar-refractivity contribution is -0.131. The number of aliphatic imine (C=N–C) groups is 1. The second-order valence-corrected chi connectivity index (χ2v) is 8.34. The SMILES string of the molecule is NNC1=NCCN(C(=O)CC(N)C2(Cc3ccccc3)CCc3cc(F)c(F)cc32)C1. The molecular formula is C23H27F2N5O. The van der Waals surface area contributed by atoms with E-state index in [2.05, 4.69) is 10.4 Å². The van der Waals surface area contributed by atoms with E-state index >= 15 is 0 Å². The van der Waals surface area contributed by atoms with Crippen LogP contribution in [-0.2, 0) is 23.1 Å². The van der Waals surface area contributed by atoms with Gasteiger partial charge in [-0.2, -0.15) is 0 Å². The fourth-order valence-corrected chi connectivity index (χ4v) is 4.84. The summed E-state index contributed by atoms with van der Waals surface area (Å²) in [6.45, 7) is 1.28. The van der Waals surface area contributed by atoms with Gasteiger partial charge < -0.3 is 16.1 Å². The Balaban J connectivity index is 1.64. The van der Waals surface area contributed by atoms with Gasteiger partial charge in [-0.1, -0.05) is 30.3 Å². The normalized spacial score (nSPS) is 21.4. The van der Waals surface area contributed by atoms with Crippen LogP contribution in [0.4, 0.5) is 8.78 Å². The summed E-state index contributed by atoms with van der Waals surface area (Å²) in [5, 5.41) is 0. The van der Waals surface area contributed by atoms with Gasteiger partial charge in [-0.3, -0.25) is 9.79 Å². The smallest absolute Gasteiger partial charge is 0.224 e. The van der Waals surface area contributed by atoms with Crippen LogP contribution in [0.3, 0.4) is 0 Å². The van der Waals surface area contributed by atoms with Gasteiger partial charge >= 0.3 is 0 Å². The second-order valence-electron chi connectivity index (χ2n) is 8.34. The summed E-state index contributed by atoms with van der Waals surface area (Å²) in [7, 11) is 0.